The van der Waals surface area contributed by atoms with Gasteiger partial charge in [-0.25, -0.2) is 5.43 Å². The first-order valence-corrected chi connectivity index (χ1v) is 7.85. The van der Waals surface area contributed by atoms with E-state index in [1.54, 1.807) is 37.3 Å². The third kappa shape index (κ3) is 5.48. The Kier molecular flexibility index (Phi) is 6.38. The second-order valence-corrected chi connectivity index (χ2v) is 5.79. The number of aliphatic carboxylic acids is 1. The minimum absolute atomic E-state index is 0.205. The second kappa shape index (κ2) is 8.50. The molecule has 0 saturated heterocycles. The molecule has 0 bridgehead atoms. The van der Waals surface area contributed by atoms with Crippen LogP contribution in [0.4, 0.5) is 0 Å². The number of nitrogens with zero attached hydrogens (tertiary/aromatic N) is 1. The van der Waals surface area contributed by atoms with Crippen molar-refractivity contribution in [1.82, 2.24) is 5.43 Å². The maximum Gasteiger partial charge on any atom is 0.272 e. The first-order chi connectivity index (χ1) is 11.9. The molecule has 0 heterocycles. The lowest BCUT2D eigenvalue weighted by Gasteiger charge is -2.09. The summed E-state index contributed by atoms with van der Waals surface area (Å²) in [5.74, 6) is -1.47. The van der Waals surface area contributed by atoms with Crippen LogP contribution in [0.5, 0.6) is 5.75 Å². The lowest BCUT2D eigenvalue weighted by Crippen LogP contribution is -2.28. The number of hydrogen-bond donors (Lipinski definition) is 1. The standard InChI is InChI=1S/C17H14Cl2N2O4/c1-10(11-3-2-4-13(7-11)25-9-16(22)23)20-21-17(24)14-8-12(18)5-6-15(14)19/h2-8H,9H2,1H3,(H,21,24)(H,22,23)/p-1/b20-10-. The molecule has 0 aromatic heterocycles. The quantitative estimate of drug-likeness (QED) is 0.615. The van der Waals surface area contributed by atoms with Crippen LogP contribution < -0.4 is 15.3 Å². The fourth-order valence-corrected chi connectivity index (χ4v) is 2.26. The molecule has 0 saturated carbocycles. The maximum absolute atomic E-state index is 12.1. The van der Waals surface area contributed by atoms with Crippen LogP contribution >= 0.6 is 23.2 Å². The summed E-state index contributed by atoms with van der Waals surface area (Å²) in [6.45, 7) is 1.13. The third-order valence-electron chi connectivity index (χ3n) is 3.11. The molecule has 1 amide bonds. The van der Waals surface area contributed by atoms with Gasteiger partial charge in [0, 0.05) is 10.6 Å². The zero-order chi connectivity index (χ0) is 18.4. The molecule has 0 aliphatic heterocycles. The maximum atomic E-state index is 12.1. The summed E-state index contributed by atoms with van der Waals surface area (Å²) in [6.07, 6.45) is 0. The summed E-state index contributed by atoms with van der Waals surface area (Å²) in [7, 11) is 0. The average molecular weight is 380 g/mol. The molecule has 2 aromatic rings. The van der Waals surface area contributed by atoms with Crippen LogP contribution in [0.2, 0.25) is 10.0 Å². The molecule has 0 aliphatic rings. The molecular weight excluding hydrogens is 367 g/mol. The van der Waals surface area contributed by atoms with Crippen LogP contribution in [0.3, 0.4) is 0 Å². The number of hydrogen-bond acceptors (Lipinski definition) is 5. The number of halogens is 2. The molecule has 25 heavy (non-hydrogen) atoms. The van der Waals surface area contributed by atoms with Gasteiger partial charge in [0.2, 0.25) is 0 Å². The zero-order valence-corrected chi connectivity index (χ0v) is 14.6. The van der Waals surface area contributed by atoms with E-state index in [1.807, 2.05) is 0 Å². The van der Waals surface area contributed by atoms with Crippen LogP contribution in [-0.4, -0.2) is 24.2 Å². The Balaban J connectivity index is 2.10. The fourth-order valence-electron chi connectivity index (χ4n) is 1.88. The Bertz CT molecular complexity index is 837. The minimum Gasteiger partial charge on any atom is -0.546 e. The summed E-state index contributed by atoms with van der Waals surface area (Å²) in [4.78, 5) is 22.6. The van der Waals surface area contributed by atoms with Crippen molar-refractivity contribution in [2.24, 2.45) is 5.10 Å². The minimum atomic E-state index is -1.32. The van der Waals surface area contributed by atoms with Gasteiger partial charge in [0.15, 0.2) is 0 Å². The van der Waals surface area contributed by atoms with Crippen molar-refractivity contribution < 1.29 is 19.4 Å². The highest BCUT2D eigenvalue weighted by Crippen LogP contribution is 2.20. The number of amides is 1. The van der Waals surface area contributed by atoms with E-state index in [4.69, 9.17) is 27.9 Å². The normalized spacial score (nSPS) is 11.1. The molecule has 0 fully saturated rings. The van der Waals surface area contributed by atoms with Crippen molar-refractivity contribution in [3.05, 3.63) is 63.6 Å². The van der Waals surface area contributed by atoms with E-state index in [0.29, 0.717) is 22.0 Å². The second-order valence-electron chi connectivity index (χ2n) is 4.95. The van der Waals surface area contributed by atoms with E-state index in [9.17, 15) is 14.7 Å². The van der Waals surface area contributed by atoms with E-state index in [-0.39, 0.29) is 10.6 Å². The van der Waals surface area contributed by atoms with Gasteiger partial charge in [-0.2, -0.15) is 5.10 Å². The highest BCUT2D eigenvalue weighted by Gasteiger charge is 2.10. The van der Waals surface area contributed by atoms with Gasteiger partial charge >= 0.3 is 0 Å². The smallest absolute Gasteiger partial charge is 0.272 e. The van der Waals surface area contributed by atoms with Crippen LogP contribution in [0.25, 0.3) is 0 Å². The Morgan fingerprint density at radius 2 is 1.96 bits per heavy atom. The van der Waals surface area contributed by atoms with E-state index >= 15 is 0 Å². The van der Waals surface area contributed by atoms with Gasteiger partial charge in [-0.1, -0.05) is 35.3 Å². The zero-order valence-electron chi connectivity index (χ0n) is 13.1. The molecule has 1 N–H and O–H groups in total. The number of rotatable bonds is 6. The van der Waals surface area contributed by atoms with E-state index in [0.717, 1.165) is 0 Å². The SMILES string of the molecule is C/C(=N/NC(=O)c1cc(Cl)ccc1Cl)c1cccc(OCC(=O)[O-])c1. The Labute approximate surface area is 154 Å². The van der Waals surface area contributed by atoms with Gasteiger partial charge in [-0.15, -0.1) is 0 Å². The van der Waals surface area contributed by atoms with Crippen molar-refractivity contribution >= 4 is 40.8 Å². The largest absolute Gasteiger partial charge is 0.546 e. The number of hydrazone groups is 1. The van der Waals surface area contributed by atoms with Crippen LogP contribution in [0.1, 0.15) is 22.8 Å². The van der Waals surface area contributed by atoms with Crippen LogP contribution in [0, 0.1) is 0 Å². The number of carboxylic acid groups (broad SMARTS) is 1. The molecule has 6 nitrogen and oxygen atoms in total. The molecule has 0 atom stereocenters. The average Bonchev–Trinajstić information content (AvgIpc) is 2.59. The van der Waals surface area contributed by atoms with E-state index in [1.165, 1.54) is 12.1 Å². The summed E-state index contributed by atoms with van der Waals surface area (Å²) < 4.78 is 5.05. The van der Waals surface area contributed by atoms with Crippen LogP contribution in [0.15, 0.2) is 47.6 Å². The van der Waals surface area contributed by atoms with Gasteiger partial charge in [0.25, 0.3) is 5.91 Å². The van der Waals surface area contributed by atoms with Gasteiger partial charge < -0.3 is 14.6 Å². The van der Waals surface area contributed by atoms with Gasteiger partial charge in [-0.05, 0) is 37.3 Å². The number of carboxylic acids is 1. The predicted octanol–water partition coefficient (Wildman–Crippen LogP) is 2.28. The molecule has 130 valence electrons. The van der Waals surface area contributed by atoms with Gasteiger partial charge in [0.05, 0.1) is 22.3 Å². The van der Waals surface area contributed by atoms with Crippen molar-refractivity contribution in [2.45, 2.75) is 6.92 Å². The molecule has 0 radical (unpaired) electrons. The third-order valence-corrected chi connectivity index (χ3v) is 3.67. The lowest BCUT2D eigenvalue weighted by molar-refractivity contribution is -0.307. The number of ether oxygens (including phenoxy) is 1. The highest BCUT2D eigenvalue weighted by molar-refractivity contribution is 6.35. The summed E-state index contributed by atoms with van der Waals surface area (Å²) in [5.41, 5.74) is 3.74. The molecular formula is C17H13Cl2N2O4-. The van der Waals surface area contributed by atoms with E-state index < -0.39 is 18.5 Å². The van der Waals surface area contributed by atoms with Crippen molar-refractivity contribution in [3.63, 3.8) is 0 Å². The molecule has 2 rings (SSSR count). The molecule has 0 aliphatic carbocycles. The highest BCUT2D eigenvalue weighted by atomic mass is 35.5. The first kappa shape index (κ1) is 18.8. The summed E-state index contributed by atoms with van der Waals surface area (Å²) >= 11 is 11.8. The molecule has 0 spiro atoms. The number of carbonyl (C=O) groups excluding carboxylic acids is 2. The molecule has 8 heteroatoms. The Hall–Kier alpha value is -2.57. The molecule has 2 aromatic carbocycles. The predicted molar refractivity (Wildman–Crippen MR) is 93.1 cm³/mol. The number of benzene rings is 2. The van der Waals surface area contributed by atoms with Crippen molar-refractivity contribution in [2.75, 3.05) is 6.61 Å². The van der Waals surface area contributed by atoms with Crippen LogP contribution in [-0.2, 0) is 4.79 Å². The summed E-state index contributed by atoms with van der Waals surface area (Å²) in [6, 6.07) is 11.2. The lowest BCUT2D eigenvalue weighted by atomic mass is 10.1. The van der Waals surface area contributed by atoms with E-state index in [2.05, 4.69) is 10.5 Å². The van der Waals surface area contributed by atoms with Crippen molar-refractivity contribution in [3.8, 4) is 5.75 Å². The first-order valence-electron chi connectivity index (χ1n) is 7.09. The number of nitrogens with one attached hydrogen (secondary N) is 1. The topological polar surface area (TPSA) is 90.8 Å². The fraction of sp³-hybridized carbons (Fsp3) is 0.118. The molecule has 0 unspecified atom stereocenters. The van der Waals surface area contributed by atoms with Gasteiger partial charge in [-0.3, -0.25) is 4.79 Å². The Morgan fingerprint density at radius 1 is 1.20 bits per heavy atom. The monoisotopic (exact) mass is 379 g/mol. The Morgan fingerprint density at radius 3 is 2.68 bits per heavy atom. The summed E-state index contributed by atoms with van der Waals surface area (Å²) in [5, 5.41) is 15.1. The van der Waals surface area contributed by atoms with Crippen molar-refractivity contribution in [1.29, 1.82) is 0 Å². The van der Waals surface area contributed by atoms with Gasteiger partial charge in [0.1, 0.15) is 12.4 Å². The number of carbonyl (C=O) groups is 2.